The Morgan fingerprint density at radius 3 is 2.64 bits per heavy atom. The van der Waals surface area contributed by atoms with Gasteiger partial charge in [0, 0.05) is 45.0 Å². The molecule has 1 saturated heterocycles. The summed E-state index contributed by atoms with van der Waals surface area (Å²) in [5, 5.41) is 0. The van der Waals surface area contributed by atoms with Crippen molar-refractivity contribution in [3.63, 3.8) is 0 Å². The van der Waals surface area contributed by atoms with E-state index >= 15 is 0 Å². The van der Waals surface area contributed by atoms with Crippen LogP contribution >= 0.6 is 0 Å². The summed E-state index contributed by atoms with van der Waals surface area (Å²) in [6.45, 7) is 5.19. The fraction of sp³-hybridized carbons (Fsp3) is 0.333. The molecular weight excluding hydrogens is 284 g/mol. The summed E-state index contributed by atoms with van der Waals surface area (Å²) in [7, 11) is 1.68. The lowest BCUT2D eigenvalue weighted by Gasteiger charge is -2.40. The second kappa shape index (κ2) is 6.38. The van der Waals surface area contributed by atoms with Crippen molar-refractivity contribution in [1.29, 1.82) is 0 Å². The van der Waals surface area contributed by atoms with Crippen LogP contribution in [0.2, 0.25) is 0 Å². The third-order valence-electron chi connectivity index (χ3n) is 3.59. The number of amides is 3. The highest BCUT2D eigenvalue weighted by atomic mass is 16.2. The van der Waals surface area contributed by atoms with Crippen molar-refractivity contribution < 1.29 is 14.4 Å². The molecule has 22 heavy (non-hydrogen) atoms. The average molecular weight is 302 g/mol. The normalized spacial score (nSPS) is 14.1. The highest BCUT2D eigenvalue weighted by Gasteiger charge is 2.31. The molecule has 0 bridgehead atoms. The van der Waals surface area contributed by atoms with E-state index in [2.05, 4.69) is 11.6 Å². The molecule has 0 saturated carbocycles. The Labute approximate surface area is 128 Å². The van der Waals surface area contributed by atoms with E-state index in [1.165, 1.54) is 24.5 Å². The second-order valence-electron chi connectivity index (χ2n) is 5.33. The number of nitrogens with zero attached hydrogens (tertiary/aromatic N) is 3. The third-order valence-corrected chi connectivity index (χ3v) is 3.59. The molecule has 0 aromatic carbocycles. The van der Waals surface area contributed by atoms with Crippen LogP contribution < -0.4 is 5.73 Å². The molecular formula is C15H18N4O3. The van der Waals surface area contributed by atoms with Gasteiger partial charge in [-0.3, -0.25) is 19.4 Å². The smallest absolute Gasteiger partial charge is 0.255 e. The highest BCUT2D eigenvalue weighted by Crippen LogP contribution is 2.17. The Morgan fingerprint density at radius 2 is 2.05 bits per heavy atom. The van der Waals surface area contributed by atoms with Crippen molar-refractivity contribution in [1.82, 2.24) is 14.8 Å². The highest BCUT2D eigenvalue weighted by molar-refractivity contribution is 5.98. The van der Waals surface area contributed by atoms with Crippen LogP contribution in [-0.2, 0) is 4.79 Å². The molecule has 0 aliphatic carbocycles. The standard InChI is InChI=1S/C15H18N4O3/c1-3-13(20)19-8-10(9-19)7-18(2)15(22)12-4-11(14(16)21)5-17-6-12/h3-6,10H,1,7-9H2,2H3,(H2,16,21). The SMILES string of the molecule is C=CC(=O)N1CC(CN(C)C(=O)c2cncc(C(N)=O)c2)C1. The van der Waals surface area contributed by atoms with Gasteiger partial charge < -0.3 is 15.5 Å². The number of primary amides is 1. The number of nitrogens with two attached hydrogens (primary N) is 1. The molecule has 2 rings (SSSR count). The predicted molar refractivity (Wildman–Crippen MR) is 80.0 cm³/mol. The number of carbonyl (C=O) groups is 3. The van der Waals surface area contributed by atoms with Crippen LogP contribution in [0.4, 0.5) is 0 Å². The minimum absolute atomic E-state index is 0.0939. The van der Waals surface area contributed by atoms with Crippen molar-refractivity contribution in [3.8, 4) is 0 Å². The van der Waals surface area contributed by atoms with E-state index in [1.54, 1.807) is 16.8 Å². The second-order valence-corrected chi connectivity index (χ2v) is 5.33. The van der Waals surface area contributed by atoms with Crippen molar-refractivity contribution in [3.05, 3.63) is 42.2 Å². The van der Waals surface area contributed by atoms with Crippen LogP contribution in [0.5, 0.6) is 0 Å². The fourth-order valence-electron chi connectivity index (χ4n) is 2.38. The molecule has 7 nitrogen and oxygen atoms in total. The molecule has 1 aromatic heterocycles. The van der Waals surface area contributed by atoms with Crippen LogP contribution in [0.1, 0.15) is 20.7 Å². The van der Waals surface area contributed by atoms with E-state index in [1.807, 2.05) is 0 Å². The van der Waals surface area contributed by atoms with Gasteiger partial charge in [-0.15, -0.1) is 0 Å². The zero-order valence-corrected chi connectivity index (χ0v) is 12.4. The Bertz CT molecular complexity index is 623. The van der Waals surface area contributed by atoms with Crippen LogP contribution in [0.25, 0.3) is 0 Å². The Morgan fingerprint density at radius 1 is 1.41 bits per heavy atom. The molecule has 1 aliphatic rings. The molecule has 7 heteroatoms. The lowest BCUT2D eigenvalue weighted by atomic mass is 9.99. The maximum Gasteiger partial charge on any atom is 0.255 e. The van der Waals surface area contributed by atoms with E-state index in [0.29, 0.717) is 25.2 Å². The summed E-state index contributed by atoms with van der Waals surface area (Å²) in [6, 6.07) is 1.43. The molecule has 0 atom stereocenters. The van der Waals surface area contributed by atoms with Gasteiger partial charge in [-0.2, -0.15) is 0 Å². The lowest BCUT2D eigenvalue weighted by molar-refractivity contribution is -0.132. The molecule has 0 unspecified atom stereocenters. The molecule has 1 aromatic rings. The van der Waals surface area contributed by atoms with Gasteiger partial charge >= 0.3 is 0 Å². The summed E-state index contributed by atoms with van der Waals surface area (Å²) in [6.07, 6.45) is 4.01. The predicted octanol–water partition coefficient (Wildman–Crippen LogP) is -0.103. The van der Waals surface area contributed by atoms with E-state index in [4.69, 9.17) is 5.73 Å². The maximum absolute atomic E-state index is 12.3. The third kappa shape index (κ3) is 3.30. The molecule has 3 amide bonds. The number of carbonyl (C=O) groups excluding carboxylic acids is 3. The van der Waals surface area contributed by atoms with Gasteiger partial charge in [-0.1, -0.05) is 6.58 Å². The summed E-state index contributed by atoms with van der Waals surface area (Å²) in [5.74, 6) is -0.708. The number of hydrogen-bond donors (Lipinski definition) is 1. The topological polar surface area (TPSA) is 96.6 Å². The van der Waals surface area contributed by atoms with Gasteiger partial charge in [0.25, 0.3) is 5.91 Å². The first-order valence-corrected chi connectivity index (χ1v) is 6.84. The van der Waals surface area contributed by atoms with E-state index in [0.717, 1.165) is 0 Å². The average Bonchev–Trinajstić information content (AvgIpc) is 2.48. The van der Waals surface area contributed by atoms with Crippen molar-refractivity contribution in [2.45, 2.75) is 0 Å². The molecule has 2 N–H and O–H groups in total. The molecule has 116 valence electrons. The van der Waals surface area contributed by atoms with Crippen molar-refractivity contribution in [2.75, 3.05) is 26.7 Å². The summed E-state index contributed by atoms with van der Waals surface area (Å²) >= 11 is 0. The first-order chi connectivity index (χ1) is 10.4. The summed E-state index contributed by atoms with van der Waals surface area (Å²) < 4.78 is 0. The minimum atomic E-state index is -0.623. The number of aromatic nitrogens is 1. The van der Waals surface area contributed by atoms with E-state index in [9.17, 15) is 14.4 Å². The Kier molecular flexibility index (Phi) is 4.55. The summed E-state index contributed by atoms with van der Waals surface area (Å²) in [5.41, 5.74) is 5.69. The summed E-state index contributed by atoms with van der Waals surface area (Å²) in [4.78, 5) is 41.9. The van der Waals surface area contributed by atoms with Crippen molar-refractivity contribution >= 4 is 17.7 Å². The van der Waals surface area contributed by atoms with E-state index < -0.39 is 5.91 Å². The fourth-order valence-corrected chi connectivity index (χ4v) is 2.38. The maximum atomic E-state index is 12.3. The number of rotatable bonds is 5. The van der Waals surface area contributed by atoms with E-state index in [-0.39, 0.29) is 23.3 Å². The van der Waals surface area contributed by atoms with Crippen LogP contribution in [0.3, 0.4) is 0 Å². The largest absolute Gasteiger partial charge is 0.366 e. The molecule has 0 spiro atoms. The number of pyridine rings is 1. The first-order valence-electron chi connectivity index (χ1n) is 6.84. The van der Waals surface area contributed by atoms with Crippen LogP contribution in [0, 0.1) is 5.92 Å². The van der Waals surface area contributed by atoms with Crippen LogP contribution in [0.15, 0.2) is 31.1 Å². The van der Waals surface area contributed by atoms with Gasteiger partial charge in [0.2, 0.25) is 11.8 Å². The first kappa shape index (κ1) is 15.7. The zero-order valence-electron chi connectivity index (χ0n) is 12.4. The molecule has 0 radical (unpaired) electrons. The molecule has 1 fully saturated rings. The minimum Gasteiger partial charge on any atom is -0.366 e. The van der Waals surface area contributed by atoms with Crippen molar-refractivity contribution in [2.24, 2.45) is 11.7 Å². The number of likely N-dealkylation sites (tertiary alicyclic amines) is 1. The van der Waals surface area contributed by atoms with Gasteiger partial charge in [0.1, 0.15) is 0 Å². The number of hydrogen-bond acceptors (Lipinski definition) is 4. The molecule has 2 heterocycles. The lowest BCUT2D eigenvalue weighted by Crippen LogP contribution is -2.53. The van der Waals surface area contributed by atoms with Gasteiger partial charge in [0.15, 0.2) is 0 Å². The van der Waals surface area contributed by atoms with Gasteiger partial charge in [-0.05, 0) is 12.1 Å². The quantitative estimate of drug-likeness (QED) is 0.768. The van der Waals surface area contributed by atoms with Gasteiger partial charge in [-0.25, -0.2) is 0 Å². The van der Waals surface area contributed by atoms with Crippen LogP contribution in [-0.4, -0.2) is 59.2 Å². The van der Waals surface area contributed by atoms with Gasteiger partial charge in [0.05, 0.1) is 11.1 Å². The molecule has 1 aliphatic heterocycles. The Balaban J connectivity index is 1.93. The monoisotopic (exact) mass is 302 g/mol. The zero-order chi connectivity index (χ0) is 16.3. The Hall–Kier alpha value is -2.70.